The number of hydrogen-bond donors (Lipinski definition) is 1. The summed E-state index contributed by atoms with van der Waals surface area (Å²) in [4.78, 5) is 10.4. The van der Waals surface area contributed by atoms with Crippen molar-refractivity contribution in [2.75, 3.05) is 12.5 Å². The van der Waals surface area contributed by atoms with E-state index in [-0.39, 0.29) is 0 Å². The molecular weight excluding hydrogens is 208 g/mol. The summed E-state index contributed by atoms with van der Waals surface area (Å²) >= 11 is 0. The van der Waals surface area contributed by atoms with E-state index >= 15 is 0 Å². The number of carbonyl (C=O) groups is 1. The predicted octanol–water partition coefficient (Wildman–Crippen LogP) is 0.258. The third-order valence-corrected chi connectivity index (χ3v) is 3.96. The van der Waals surface area contributed by atoms with Crippen LogP contribution in [0.2, 0.25) is 0 Å². The van der Waals surface area contributed by atoms with Crippen molar-refractivity contribution in [2.24, 2.45) is 5.92 Å². The summed E-state index contributed by atoms with van der Waals surface area (Å²) < 4.78 is 27.5. The molecule has 0 spiro atoms. The zero-order chi connectivity index (χ0) is 10.8. The summed E-state index contributed by atoms with van der Waals surface area (Å²) in [6.07, 6.45) is 2.16. The zero-order valence-corrected chi connectivity index (χ0v) is 8.79. The molecule has 0 amide bonds. The molecule has 0 aliphatic heterocycles. The van der Waals surface area contributed by atoms with Gasteiger partial charge in [0.15, 0.2) is 15.1 Å². The van der Waals surface area contributed by atoms with Gasteiger partial charge in [-0.05, 0) is 25.7 Å². The molecule has 14 heavy (non-hydrogen) atoms. The fraction of sp³-hybridized carbons (Fsp3) is 0.875. The molecular formula is C8H14O5S. The third kappa shape index (κ3) is 3.26. The highest BCUT2D eigenvalue weighted by Crippen LogP contribution is 2.28. The Labute approximate surface area is 83.0 Å². The Morgan fingerprint density at radius 2 is 2.14 bits per heavy atom. The van der Waals surface area contributed by atoms with Crippen LogP contribution in [0.4, 0.5) is 0 Å². The Bertz CT molecular complexity index is 304. The van der Waals surface area contributed by atoms with Crippen LogP contribution in [0.5, 0.6) is 0 Å². The first-order chi connectivity index (χ1) is 6.43. The fourth-order valence-electron chi connectivity index (χ4n) is 0.871. The maximum atomic E-state index is 11.3. The SMILES string of the molecule is CC(C(=O)O)S(=O)(=O)COCC1CC1. The summed E-state index contributed by atoms with van der Waals surface area (Å²) in [5, 5.41) is 7.12. The number of aliphatic carboxylic acids is 1. The Morgan fingerprint density at radius 3 is 2.57 bits per heavy atom. The van der Waals surface area contributed by atoms with E-state index in [9.17, 15) is 13.2 Å². The van der Waals surface area contributed by atoms with E-state index in [1.54, 1.807) is 0 Å². The van der Waals surface area contributed by atoms with Gasteiger partial charge in [-0.15, -0.1) is 0 Å². The molecule has 1 rings (SSSR count). The molecule has 1 fully saturated rings. The van der Waals surface area contributed by atoms with Crippen LogP contribution in [0.15, 0.2) is 0 Å². The molecule has 5 nitrogen and oxygen atoms in total. The van der Waals surface area contributed by atoms with Gasteiger partial charge in [0.2, 0.25) is 0 Å². The Hall–Kier alpha value is -0.620. The summed E-state index contributed by atoms with van der Waals surface area (Å²) in [5.74, 6) is -1.35. The van der Waals surface area contributed by atoms with Crippen LogP contribution in [0.3, 0.4) is 0 Å². The zero-order valence-electron chi connectivity index (χ0n) is 7.97. The van der Waals surface area contributed by atoms with E-state index in [4.69, 9.17) is 9.84 Å². The van der Waals surface area contributed by atoms with Crippen LogP contribution in [-0.4, -0.2) is 37.3 Å². The molecule has 0 radical (unpaired) electrons. The molecule has 0 saturated heterocycles. The lowest BCUT2D eigenvalue weighted by Crippen LogP contribution is -2.30. The molecule has 1 unspecified atom stereocenters. The van der Waals surface area contributed by atoms with Gasteiger partial charge in [-0.25, -0.2) is 8.42 Å². The highest BCUT2D eigenvalue weighted by molar-refractivity contribution is 7.92. The van der Waals surface area contributed by atoms with E-state index in [1.807, 2.05) is 0 Å². The molecule has 0 aromatic heterocycles. The van der Waals surface area contributed by atoms with Gasteiger partial charge in [-0.2, -0.15) is 0 Å². The van der Waals surface area contributed by atoms with Crippen molar-refractivity contribution in [1.82, 2.24) is 0 Å². The van der Waals surface area contributed by atoms with Crippen molar-refractivity contribution in [3.63, 3.8) is 0 Å². The Kier molecular flexibility index (Phi) is 3.49. The van der Waals surface area contributed by atoms with Crippen molar-refractivity contribution in [2.45, 2.75) is 25.0 Å². The van der Waals surface area contributed by atoms with E-state index in [0.717, 1.165) is 19.8 Å². The number of ether oxygens (including phenoxy) is 1. The van der Waals surface area contributed by atoms with Crippen molar-refractivity contribution in [3.8, 4) is 0 Å². The van der Waals surface area contributed by atoms with Crippen LogP contribution in [-0.2, 0) is 19.4 Å². The number of carboxylic acids is 1. The van der Waals surface area contributed by atoms with Gasteiger partial charge >= 0.3 is 5.97 Å². The molecule has 1 atom stereocenters. The van der Waals surface area contributed by atoms with Crippen molar-refractivity contribution >= 4 is 15.8 Å². The van der Waals surface area contributed by atoms with Gasteiger partial charge in [-0.3, -0.25) is 4.79 Å². The largest absolute Gasteiger partial charge is 0.480 e. The van der Waals surface area contributed by atoms with Gasteiger partial charge in [0.05, 0.1) is 6.61 Å². The molecule has 1 aliphatic rings. The van der Waals surface area contributed by atoms with E-state index < -0.39 is 27.0 Å². The summed E-state index contributed by atoms with van der Waals surface area (Å²) in [6.45, 7) is 1.57. The Morgan fingerprint density at radius 1 is 1.57 bits per heavy atom. The van der Waals surface area contributed by atoms with Crippen molar-refractivity contribution in [1.29, 1.82) is 0 Å². The number of carboxylic acid groups (broad SMARTS) is 1. The number of hydrogen-bond acceptors (Lipinski definition) is 4. The molecule has 0 heterocycles. The first-order valence-corrected chi connectivity index (χ1v) is 6.17. The topological polar surface area (TPSA) is 80.7 Å². The van der Waals surface area contributed by atoms with Gasteiger partial charge in [0, 0.05) is 0 Å². The minimum absolute atomic E-state index is 0.422. The fourth-order valence-corrected chi connectivity index (χ4v) is 1.71. The first-order valence-electron chi connectivity index (χ1n) is 4.45. The minimum Gasteiger partial charge on any atom is -0.480 e. The second-order valence-electron chi connectivity index (χ2n) is 3.58. The molecule has 82 valence electrons. The second-order valence-corrected chi connectivity index (χ2v) is 5.84. The van der Waals surface area contributed by atoms with Crippen LogP contribution < -0.4 is 0 Å². The lowest BCUT2D eigenvalue weighted by Gasteiger charge is -2.08. The summed E-state index contributed by atoms with van der Waals surface area (Å²) in [6, 6.07) is 0. The van der Waals surface area contributed by atoms with Crippen molar-refractivity contribution < 1.29 is 23.1 Å². The van der Waals surface area contributed by atoms with E-state index in [2.05, 4.69) is 0 Å². The highest BCUT2D eigenvalue weighted by atomic mass is 32.2. The average Bonchev–Trinajstić information content (AvgIpc) is 2.86. The van der Waals surface area contributed by atoms with Crippen LogP contribution >= 0.6 is 0 Å². The average molecular weight is 222 g/mol. The molecule has 0 aromatic carbocycles. The van der Waals surface area contributed by atoms with Gasteiger partial charge < -0.3 is 9.84 Å². The number of rotatable bonds is 6. The molecule has 1 saturated carbocycles. The number of sulfone groups is 1. The lowest BCUT2D eigenvalue weighted by atomic mass is 10.5. The minimum atomic E-state index is -3.65. The molecule has 1 N–H and O–H groups in total. The standard InChI is InChI=1S/C8H14O5S/c1-6(8(9)10)14(11,12)5-13-4-7-2-3-7/h6-7H,2-5H2,1H3,(H,9,10). The lowest BCUT2D eigenvalue weighted by molar-refractivity contribution is -0.136. The van der Waals surface area contributed by atoms with Gasteiger partial charge in [-0.1, -0.05) is 0 Å². The van der Waals surface area contributed by atoms with Gasteiger partial charge in [0.1, 0.15) is 5.94 Å². The summed E-state index contributed by atoms with van der Waals surface area (Å²) in [5.41, 5.74) is 0. The maximum Gasteiger partial charge on any atom is 0.321 e. The maximum absolute atomic E-state index is 11.3. The van der Waals surface area contributed by atoms with Crippen LogP contribution in [0.1, 0.15) is 19.8 Å². The van der Waals surface area contributed by atoms with E-state index in [0.29, 0.717) is 12.5 Å². The summed E-state index contributed by atoms with van der Waals surface area (Å²) in [7, 11) is -3.65. The molecule has 0 aromatic rings. The van der Waals surface area contributed by atoms with Gasteiger partial charge in [0.25, 0.3) is 0 Å². The normalized spacial score (nSPS) is 19.2. The first kappa shape index (κ1) is 11.5. The molecule has 6 heteroatoms. The predicted molar refractivity (Wildman–Crippen MR) is 49.6 cm³/mol. The molecule has 0 bridgehead atoms. The quantitative estimate of drug-likeness (QED) is 0.697. The highest BCUT2D eigenvalue weighted by Gasteiger charge is 2.29. The smallest absolute Gasteiger partial charge is 0.321 e. The van der Waals surface area contributed by atoms with Crippen LogP contribution in [0.25, 0.3) is 0 Å². The third-order valence-electron chi connectivity index (χ3n) is 2.18. The second kappa shape index (κ2) is 4.27. The van der Waals surface area contributed by atoms with Crippen LogP contribution in [0, 0.1) is 5.92 Å². The molecule has 1 aliphatic carbocycles. The van der Waals surface area contributed by atoms with Crippen molar-refractivity contribution in [3.05, 3.63) is 0 Å². The Balaban J connectivity index is 2.35. The van der Waals surface area contributed by atoms with E-state index in [1.165, 1.54) is 0 Å². The monoisotopic (exact) mass is 222 g/mol.